The molecule has 4 nitrogen and oxygen atoms in total. The predicted octanol–water partition coefficient (Wildman–Crippen LogP) is 1.17. The molecule has 76 valence electrons. The van der Waals surface area contributed by atoms with Gasteiger partial charge in [-0.1, -0.05) is 5.16 Å². The zero-order valence-corrected chi connectivity index (χ0v) is 8.25. The molecule has 0 spiro atoms. The molecule has 2 rings (SSSR count). The summed E-state index contributed by atoms with van der Waals surface area (Å²) in [5.74, 6) is 0.758. The van der Waals surface area contributed by atoms with E-state index in [2.05, 4.69) is 10.5 Å². The molecule has 14 heavy (non-hydrogen) atoms. The molecule has 1 aliphatic rings. The van der Waals surface area contributed by atoms with Gasteiger partial charge in [0.05, 0.1) is 0 Å². The van der Waals surface area contributed by atoms with E-state index in [1.165, 1.54) is 19.8 Å². The molecule has 1 saturated heterocycles. The second-order valence-corrected chi connectivity index (χ2v) is 3.73. The standard InChI is InChI=1S/C10H14N2O2/c1-7(13)10-6-9(14-12-10)5-8-3-2-4-11-8/h6,8,11H,2-5H2,1H3. The smallest absolute Gasteiger partial charge is 0.181 e. The number of Topliss-reactive ketones (excluding diaryl/α,β-unsaturated/α-hetero) is 1. The number of aromatic nitrogens is 1. The summed E-state index contributed by atoms with van der Waals surface area (Å²) in [5, 5.41) is 7.08. The van der Waals surface area contributed by atoms with Crippen molar-refractivity contribution in [2.24, 2.45) is 0 Å². The summed E-state index contributed by atoms with van der Waals surface area (Å²) >= 11 is 0. The molecule has 1 aromatic rings. The van der Waals surface area contributed by atoms with Crippen LogP contribution in [-0.4, -0.2) is 23.5 Å². The molecular formula is C10H14N2O2. The lowest BCUT2D eigenvalue weighted by Crippen LogP contribution is -2.23. The van der Waals surface area contributed by atoms with Crippen molar-refractivity contribution in [1.82, 2.24) is 10.5 Å². The first-order chi connectivity index (χ1) is 6.75. The number of nitrogens with zero attached hydrogens (tertiary/aromatic N) is 1. The molecular weight excluding hydrogens is 180 g/mol. The van der Waals surface area contributed by atoms with Gasteiger partial charge in [0.1, 0.15) is 11.5 Å². The van der Waals surface area contributed by atoms with Gasteiger partial charge < -0.3 is 9.84 Å². The number of carbonyl (C=O) groups is 1. The quantitative estimate of drug-likeness (QED) is 0.734. The van der Waals surface area contributed by atoms with Crippen LogP contribution in [0.15, 0.2) is 10.6 Å². The van der Waals surface area contributed by atoms with Crippen molar-refractivity contribution in [2.75, 3.05) is 6.54 Å². The molecule has 1 fully saturated rings. The van der Waals surface area contributed by atoms with Crippen LogP contribution in [0.4, 0.5) is 0 Å². The summed E-state index contributed by atoms with van der Waals surface area (Å²) in [6.07, 6.45) is 3.23. The maximum atomic E-state index is 11.0. The van der Waals surface area contributed by atoms with Gasteiger partial charge in [0.25, 0.3) is 0 Å². The fourth-order valence-corrected chi connectivity index (χ4v) is 1.75. The summed E-state index contributed by atoms with van der Waals surface area (Å²) < 4.78 is 5.08. The molecule has 1 atom stereocenters. The Bertz CT molecular complexity index is 327. The van der Waals surface area contributed by atoms with Crippen LogP contribution >= 0.6 is 0 Å². The van der Waals surface area contributed by atoms with Crippen molar-refractivity contribution < 1.29 is 9.32 Å². The van der Waals surface area contributed by atoms with Crippen LogP contribution in [0, 0.1) is 0 Å². The van der Waals surface area contributed by atoms with Crippen LogP contribution < -0.4 is 5.32 Å². The normalized spacial score (nSPS) is 21.4. The molecule has 0 saturated carbocycles. The van der Waals surface area contributed by atoms with E-state index in [-0.39, 0.29) is 5.78 Å². The summed E-state index contributed by atoms with van der Waals surface area (Å²) in [7, 11) is 0. The Kier molecular flexibility index (Phi) is 2.63. The number of carbonyl (C=O) groups excluding carboxylic acids is 1. The van der Waals surface area contributed by atoms with E-state index in [1.54, 1.807) is 6.07 Å². The zero-order valence-electron chi connectivity index (χ0n) is 8.25. The van der Waals surface area contributed by atoms with Gasteiger partial charge in [0, 0.05) is 25.5 Å². The van der Waals surface area contributed by atoms with E-state index in [9.17, 15) is 4.79 Å². The van der Waals surface area contributed by atoms with E-state index in [0.29, 0.717) is 11.7 Å². The average Bonchev–Trinajstić information content (AvgIpc) is 2.75. The van der Waals surface area contributed by atoms with Gasteiger partial charge in [-0.25, -0.2) is 0 Å². The number of hydrogen-bond donors (Lipinski definition) is 1. The average molecular weight is 194 g/mol. The molecule has 1 unspecified atom stereocenters. The Morgan fingerprint density at radius 1 is 1.79 bits per heavy atom. The van der Waals surface area contributed by atoms with Gasteiger partial charge in [-0.15, -0.1) is 0 Å². The Labute approximate surface area is 82.7 Å². The molecule has 0 aromatic carbocycles. The maximum absolute atomic E-state index is 11.0. The third kappa shape index (κ3) is 2.01. The van der Waals surface area contributed by atoms with Crippen molar-refractivity contribution in [1.29, 1.82) is 0 Å². The lowest BCUT2D eigenvalue weighted by Gasteiger charge is -2.05. The highest BCUT2D eigenvalue weighted by Crippen LogP contribution is 2.13. The second-order valence-electron chi connectivity index (χ2n) is 3.73. The van der Waals surface area contributed by atoms with Crippen LogP contribution in [0.5, 0.6) is 0 Å². The number of nitrogens with one attached hydrogen (secondary N) is 1. The number of hydrogen-bond acceptors (Lipinski definition) is 4. The Balaban J connectivity index is 1.98. The highest BCUT2D eigenvalue weighted by molar-refractivity contribution is 5.91. The van der Waals surface area contributed by atoms with Gasteiger partial charge >= 0.3 is 0 Å². The molecule has 0 radical (unpaired) electrons. The topological polar surface area (TPSA) is 55.1 Å². The minimum absolute atomic E-state index is 0.0422. The summed E-state index contributed by atoms with van der Waals surface area (Å²) in [6.45, 7) is 2.58. The van der Waals surface area contributed by atoms with Crippen LogP contribution in [0.1, 0.15) is 36.0 Å². The van der Waals surface area contributed by atoms with Gasteiger partial charge in [-0.05, 0) is 19.4 Å². The van der Waals surface area contributed by atoms with Gasteiger partial charge in [-0.3, -0.25) is 4.79 Å². The molecule has 0 amide bonds. The third-order valence-electron chi connectivity index (χ3n) is 2.53. The second kappa shape index (κ2) is 3.92. The fourth-order valence-electron chi connectivity index (χ4n) is 1.75. The number of ketones is 1. The minimum atomic E-state index is -0.0422. The monoisotopic (exact) mass is 194 g/mol. The maximum Gasteiger partial charge on any atom is 0.181 e. The van der Waals surface area contributed by atoms with Crippen molar-refractivity contribution in [3.8, 4) is 0 Å². The van der Waals surface area contributed by atoms with Crippen LogP contribution in [0.3, 0.4) is 0 Å². The van der Waals surface area contributed by atoms with Gasteiger partial charge in [-0.2, -0.15) is 0 Å². The van der Waals surface area contributed by atoms with Gasteiger partial charge in [0.15, 0.2) is 5.78 Å². The van der Waals surface area contributed by atoms with Crippen molar-refractivity contribution in [3.63, 3.8) is 0 Å². The minimum Gasteiger partial charge on any atom is -0.361 e. The van der Waals surface area contributed by atoms with Crippen LogP contribution in [-0.2, 0) is 6.42 Å². The molecule has 2 heterocycles. The first-order valence-electron chi connectivity index (χ1n) is 4.95. The predicted molar refractivity (Wildman–Crippen MR) is 51.2 cm³/mol. The zero-order chi connectivity index (χ0) is 9.97. The van der Waals surface area contributed by atoms with E-state index in [1.807, 2.05) is 0 Å². The molecule has 0 bridgehead atoms. The van der Waals surface area contributed by atoms with Crippen molar-refractivity contribution >= 4 is 5.78 Å². The van der Waals surface area contributed by atoms with E-state index in [0.717, 1.165) is 18.7 Å². The van der Waals surface area contributed by atoms with E-state index < -0.39 is 0 Å². The van der Waals surface area contributed by atoms with Crippen LogP contribution in [0.25, 0.3) is 0 Å². The third-order valence-corrected chi connectivity index (χ3v) is 2.53. The first kappa shape index (κ1) is 9.40. The SMILES string of the molecule is CC(=O)c1cc(CC2CCCN2)on1. The molecule has 1 N–H and O–H groups in total. The van der Waals surface area contributed by atoms with Gasteiger partial charge in [0.2, 0.25) is 0 Å². The lowest BCUT2D eigenvalue weighted by molar-refractivity contribution is 0.100. The Morgan fingerprint density at radius 2 is 2.64 bits per heavy atom. The number of rotatable bonds is 3. The fraction of sp³-hybridized carbons (Fsp3) is 0.600. The molecule has 1 aliphatic heterocycles. The first-order valence-corrected chi connectivity index (χ1v) is 4.95. The van der Waals surface area contributed by atoms with E-state index >= 15 is 0 Å². The van der Waals surface area contributed by atoms with Crippen molar-refractivity contribution in [2.45, 2.75) is 32.2 Å². The summed E-state index contributed by atoms with van der Waals surface area (Å²) in [4.78, 5) is 11.0. The highest BCUT2D eigenvalue weighted by atomic mass is 16.5. The molecule has 4 heteroatoms. The Morgan fingerprint density at radius 3 is 3.21 bits per heavy atom. The van der Waals surface area contributed by atoms with Crippen LogP contribution in [0.2, 0.25) is 0 Å². The Hall–Kier alpha value is -1.16. The van der Waals surface area contributed by atoms with Crippen molar-refractivity contribution in [3.05, 3.63) is 17.5 Å². The molecule has 1 aromatic heterocycles. The largest absolute Gasteiger partial charge is 0.361 e. The van der Waals surface area contributed by atoms with E-state index in [4.69, 9.17) is 4.52 Å². The lowest BCUT2D eigenvalue weighted by atomic mass is 10.1. The molecule has 0 aliphatic carbocycles. The summed E-state index contributed by atoms with van der Waals surface area (Å²) in [6, 6.07) is 2.23. The highest BCUT2D eigenvalue weighted by Gasteiger charge is 2.17. The summed E-state index contributed by atoms with van der Waals surface area (Å²) in [5.41, 5.74) is 0.429.